The van der Waals surface area contributed by atoms with E-state index >= 15 is 0 Å². The maximum atomic E-state index is 13.2. The molecule has 10 heteroatoms. The van der Waals surface area contributed by atoms with Crippen LogP contribution in [0.2, 0.25) is 0 Å². The Balaban J connectivity index is 1.19. The van der Waals surface area contributed by atoms with Gasteiger partial charge in [-0.1, -0.05) is 6.07 Å². The summed E-state index contributed by atoms with van der Waals surface area (Å²) in [7, 11) is -3.71. The van der Waals surface area contributed by atoms with E-state index in [4.69, 9.17) is 9.47 Å². The van der Waals surface area contributed by atoms with Gasteiger partial charge in [0.05, 0.1) is 11.4 Å². The van der Waals surface area contributed by atoms with Crippen LogP contribution in [0.1, 0.15) is 24.4 Å². The second kappa shape index (κ2) is 9.52. The molecule has 0 radical (unpaired) electrons. The molecule has 2 aromatic carbocycles. The van der Waals surface area contributed by atoms with E-state index in [0.717, 1.165) is 48.6 Å². The molecule has 34 heavy (non-hydrogen) atoms. The van der Waals surface area contributed by atoms with Gasteiger partial charge in [0.25, 0.3) is 0 Å². The molecule has 2 saturated heterocycles. The first-order valence-corrected chi connectivity index (χ1v) is 13.0. The summed E-state index contributed by atoms with van der Waals surface area (Å²) >= 11 is 0. The van der Waals surface area contributed by atoms with Crippen LogP contribution in [0.4, 0.5) is 4.39 Å². The lowest BCUT2D eigenvalue weighted by atomic mass is 10.0. The van der Waals surface area contributed by atoms with Crippen LogP contribution >= 0.6 is 0 Å². The average molecular weight is 490 g/mol. The van der Waals surface area contributed by atoms with E-state index in [2.05, 4.69) is 4.90 Å². The lowest BCUT2D eigenvalue weighted by molar-refractivity contribution is -0.133. The third kappa shape index (κ3) is 4.62. The molecular formula is C24H28FN3O5S. The molecule has 0 aromatic heterocycles. The predicted molar refractivity (Wildman–Crippen MR) is 123 cm³/mol. The van der Waals surface area contributed by atoms with E-state index < -0.39 is 15.8 Å². The first-order chi connectivity index (χ1) is 16.4. The summed E-state index contributed by atoms with van der Waals surface area (Å²) in [5, 5.41) is 0. The van der Waals surface area contributed by atoms with Crippen molar-refractivity contribution in [2.75, 3.05) is 52.5 Å². The van der Waals surface area contributed by atoms with Crippen molar-refractivity contribution in [1.29, 1.82) is 0 Å². The number of amides is 1. The van der Waals surface area contributed by atoms with Crippen molar-refractivity contribution in [2.24, 2.45) is 0 Å². The number of benzene rings is 2. The monoisotopic (exact) mass is 489 g/mol. The van der Waals surface area contributed by atoms with Gasteiger partial charge in [0.1, 0.15) is 19.0 Å². The fourth-order valence-corrected chi connectivity index (χ4v) is 6.29. The van der Waals surface area contributed by atoms with E-state index in [9.17, 15) is 17.6 Å². The van der Waals surface area contributed by atoms with Crippen LogP contribution < -0.4 is 9.47 Å². The molecule has 3 heterocycles. The molecule has 2 aromatic rings. The van der Waals surface area contributed by atoms with E-state index in [0.29, 0.717) is 32.8 Å². The normalized spacial score (nSPS) is 21.6. The van der Waals surface area contributed by atoms with Crippen molar-refractivity contribution < 1.29 is 27.1 Å². The smallest absolute Gasteiger partial charge is 0.243 e. The Hall–Kier alpha value is -2.69. The van der Waals surface area contributed by atoms with Gasteiger partial charge in [-0.25, -0.2) is 12.8 Å². The molecular weight excluding hydrogens is 461 g/mol. The Morgan fingerprint density at radius 2 is 1.65 bits per heavy atom. The van der Waals surface area contributed by atoms with Gasteiger partial charge in [0, 0.05) is 32.2 Å². The molecule has 3 aliphatic rings. The SMILES string of the molecule is O=C(CN1CCC[C@@H]1c1ccc2c(c1)OCCO2)N1CCN(S(=O)(=O)c2ccc(F)cc2)CC1. The topological polar surface area (TPSA) is 79.4 Å². The van der Waals surface area contributed by atoms with Crippen LogP contribution in [0.5, 0.6) is 11.5 Å². The zero-order chi connectivity index (χ0) is 23.7. The highest BCUT2D eigenvalue weighted by Gasteiger charge is 2.33. The van der Waals surface area contributed by atoms with Crippen molar-refractivity contribution in [3.05, 3.63) is 53.8 Å². The highest BCUT2D eigenvalue weighted by molar-refractivity contribution is 7.89. The molecule has 2 fully saturated rings. The summed E-state index contributed by atoms with van der Waals surface area (Å²) in [5.41, 5.74) is 1.12. The molecule has 0 unspecified atom stereocenters. The number of hydrogen-bond donors (Lipinski definition) is 0. The van der Waals surface area contributed by atoms with Gasteiger partial charge in [0.2, 0.25) is 15.9 Å². The van der Waals surface area contributed by atoms with Crippen LogP contribution in [0.25, 0.3) is 0 Å². The number of fused-ring (bicyclic) bond motifs is 1. The largest absolute Gasteiger partial charge is 0.486 e. The minimum Gasteiger partial charge on any atom is -0.486 e. The average Bonchev–Trinajstić information content (AvgIpc) is 3.32. The predicted octanol–water partition coefficient (Wildman–Crippen LogP) is 2.27. The fraction of sp³-hybridized carbons (Fsp3) is 0.458. The Kier molecular flexibility index (Phi) is 6.46. The molecule has 8 nitrogen and oxygen atoms in total. The highest BCUT2D eigenvalue weighted by Crippen LogP contribution is 2.38. The standard InChI is InChI=1S/C24H28FN3O5S/c25-19-4-6-20(7-5-19)34(30,31)28-12-10-26(11-13-28)24(29)17-27-9-1-2-21(27)18-3-8-22-23(16-18)33-15-14-32-22/h3-8,16,21H,1-2,9-15,17H2/t21-/m1/s1. The molecule has 3 aliphatic heterocycles. The number of likely N-dealkylation sites (tertiary alicyclic amines) is 1. The first kappa shape index (κ1) is 23.1. The number of sulfonamides is 1. The van der Waals surface area contributed by atoms with Crippen molar-refractivity contribution in [2.45, 2.75) is 23.8 Å². The first-order valence-electron chi connectivity index (χ1n) is 11.6. The summed E-state index contributed by atoms with van der Waals surface area (Å²) in [6.07, 6.45) is 1.98. The van der Waals surface area contributed by atoms with Gasteiger partial charge >= 0.3 is 0 Å². The van der Waals surface area contributed by atoms with Crippen molar-refractivity contribution in [1.82, 2.24) is 14.1 Å². The number of hydrogen-bond acceptors (Lipinski definition) is 6. The number of nitrogens with zero attached hydrogens (tertiary/aromatic N) is 3. The minimum atomic E-state index is -3.71. The zero-order valence-electron chi connectivity index (χ0n) is 18.9. The van der Waals surface area contributed by atoms with E-state index in [1.54, 1.807) is 4.90 Å². The van der Waals surface area contributed by atoms with Gasteiger partial charge in [-0.3, -0.25) is 9.69 Å². The van der Waals surface area contributed by atoms with Gasteiger partial charge in [-0.05, 0) is 61.3 Å². The van der Waals surface area contributed by atoms with Crippen molar-refractivity contribution in [3.8, 4) is 11.5 Å². The van der Waals surface area contributed by atoms with Gasteiger partial charge in [0.15, 0.2) is 11.5 Å². The third-order valence-corrected chi connectivity index (χ3v) is 8.61. The maximum absolute atomic E-state index is 13.2. The van der Waals surface area contributed by atoms with Crippen LogP contribution in [-0.4, -0.2) is 80.9 Å². The second-order valence-corrected chi connectivity index (χ2v) is 10.7. The second-order valence-electron chi connectivity index (χ2n) is 8.77. The van der Waals surface area contributed by atoms with Crippen LogP contribution in [0, 0.1) is 5.82 Å². The number of ether oxygens (including phenoxy) is 2. The summed E-state index contributed by atoms with van der Waals surface area (Å²) in [5.74, 6) is 1.03. The molecule has 5 rings (SSSR count). The van der Waals surface area contributed by atoms with Crippen LogP contribution in [-0.2, 0) is 14.8 Å². The Morgan fingerprint density at radius 3 is 2.38 bits per heavy atom. The van der Waals surface area contributed by atoms with Crippen molar-refractivity contribution in [3.63, 3.8) is 0 Å². The van der Waals surface area contributed by atoms with E-state index in [-0.39, 0.29) is 29.9 Å². The van der Waals surface area contributed by atoms with Gasteiger partial charge in [-0.2, -0.15) is 4.31 Å². The van der Waals surface area contributed by atoms with Gasteiger partial charge in [-0.15, -0.1) is 0 Å². The van der Waals surface area contributed by atoms with Crippen molar-refractivity contribution >= 4 is 15.9 Å². The van der Waals surface area contributed by atoms with Crippen LogP contribution in [0.15, 0.2) is 47.4 Å². The Labute approximate surface area is 198 Å². The minimum absolute atomic E-state index is 0.00303. The molecule has 182 valence electrons. The summed E-state index contributed by atoms with van der Waals surface area (Å²) in [4.78, 5) is 17.0. The van der Waals surface area contributed by atoms with Crippen LogP contribution in [0.3, 0.4) is 0 Å². The number of carbonyl (C=O) groups is 1. The number of rotatable bonds is 5. The number of carbonyl (C=O) groups excluding carboxylic acids is 1. The summed E-state index contributed by atoms with van der Waals surface area (Å²) in [6, 6.07) is 11.0. The maximum Gasteiger partial charge on any atom is 0.243 e. The number of piperazine rings is 1. The molecule has 1 atom stereocenters. The fourth-order valence-electron chi connectivity index (χ4n) is 4.87. The summed E-state index contributed by atoms with van der Waals surface area (Å²) < 4.78 is 51.5. The summed E-state index contributed by atoms with van der Waals surface area (Å²) in [6.45, 7) is 3.33. The molecule has 0 N–H and O–H groups in total. The third-order valence-electron chi connectivity index (χ3n) is 6.70. The zero-order valence-corrected chi connectivity index (χ0v) is 19.7. The lowest BCUT2D eigenvalue weighted by Gasteiger charge is -2.35. The number of halogens is 1. The quantitative estimate of drug-likeness (QED) is 0.641. The van der Waals surface area contributed by atoms with E-state index in [1.807, 2.05) is 18.2 Å². The molecule has 0 bridgehead atoms. The Bertz CT molecular complexity index is 1150. The van der Waals surface area contributed by atoms with Gasteiger partial charge < -0.3 is 14.4 Å². The molecule has 1 amide bonds. The Morgan fingerprint density at radius 1 is 0.941 bits per heavy atom. The van der Waals surface area contributed by atoms with E-state index in [1.165, 1.54) is 16.4 Å². The molecule has 0 saturated carbocycles. The molecule has 0 spiro atoms. The molecule has 0 aliphatic carbocycles. The highest BCUT2D eigenvalue weighted by atomic mass is 32.2. The lowest BCUT2D eigenvalue weighted by Crippen LogP contribution is -2.52.